The third-order valence-corrected chi connectivity index (χ3v) is 4.93. The number of hydroxylamine groups is 1. The van der Waals surface area contributed by atoms with E-state index in [9.17, 15) is 9.18 Å². The molecule has 0 bridgehead atoms. The Kier molecular flexibility index (Phi) is 4.60. The lowest BCUT2D eigenvalue weighted by Gasteiger charge is -2.15. The molecule has 1 amide bonds. The average molecular weight is 419 g/mol. The van der Waals surface area contributed by atoms with Crippen molar-refractivity contribution in [2.24, 2.45) is 5.92 Å². The van der Waals surface area contributed by atoms with Crippen LogP contribution in [0, 0.1) is 11.7 Å². The molecule has 1 aliphatic carbocycles. The normalized spacial score (nSPS) is 13.8. The van der Waals surface area contributed by atoms with Gasteiger partial charge >= 0.3 is 0 Å². The van der Waals surface area contributed by atoms with Gasteiger partial charge in [-0.15, -0.1) is 0 Å². The lowest BCUT2D eigenvalue weighted by Crippen LogP contribution is -2.26. The first-order valence-corrected chi connectivity index (χ1v) is 9.01. The van der Waals surface area contributed by atoms with Gasteiger partial charge in [0.2, 0.25) is 0 Å². The summed E-state index contributed by atoms with van der Waals surface area (Å²) in [4.78, 5) is 22.2. The molecule has 0 unspecified atom stereocenters. The Bertz CT molecular complexity index is 971. The molecule has 134 valence electrons. The summed E-state index contributed by atoms with van der Waals surface area (Å²) in [5, 5.41) is 2.99. The molecule has 3 aromatic rings. The number of carbonyl (C=O) groups is 1. The summed E-state index contributed by atoms with van der Waals surface area (Å²) < 4.78 is 16.3. The Labute approximate surface area is 157 Å². The Hall–Kier alpha value is -2.45. The Morgan fingerprint density at radius 2 is 2.19 bits per heavy atom. The highest BCUT2D eigenvalue weighted by Gasteiger charge is 2.23. The fourth-order valence-corrected chi connectivity index (χ4v) is 3.20. The zero-order valence-corrected chi connectivity index (χ0v) is 15.3. The molecule has 4 rings (SSSR count). The van der Waals surface area contributed by atoms with Gasteiger partial charge in [-0.05, 0) is 46.8 Å². The van der Waals surface area contributed by atoms with E-state index in [1.807, 2.05) is 0 Å². The Balaban J connectivity index is 1.69. The minimum Gasteiger partial charge on any atom is -0.351 e. The summed E-state index contributed by atoms with van der Waals surface area (Å²) in [6, 6.07) is 6.27. The molecule has 1 aliphatic rings. The maximum Gasteiger partial charge on any atom is 0.278 e. The molecule has 1 saturated carbocycles. The van der Waals surface area contributed by atoms with Crippen LogP contribution in [-0.2, 0) is 4.84 Å². The molecule has 26 heavy (non-hydrogen) atoms. The number of amides is 1. The van der Waals surface area contributed by atoms with Crippen LogP contribution in [0.5, 0.6) is 0 Å². The minimum atomic E-state index is -0.418. The number of nitrogens with zero attached hydrogens (tertiary/aromatic N) is 2. The second-order valence-electron chi connectivity index (χ2n) is 6.18. The predicted octanol–water partition coefficient (Wildman–Crippen LogP) is 4.05. The van der Waals surface area contributed by atoms with Crippen molar-refractivity contribution in [3.8, 4) is 0 Å². The Morgan fingerprint density at radius 1 is 1.38 bits per heavy atom. The van der Waals surface area contributed by atoms with Crippen LogP contribution in [0.4, 0.5) is 15.8 Å². The van der Waals surface area contributed by atoms with Gasteiger partial charge in [-0.1, -0.05) is 12.1 Å². The molecule has 0 radical (unpaired) electrons. The van der Waals surface area contributed by atoms with Crippen LogP contribution in [-0.4, -0.2) is 21.9 Å². The van der Waals surface area contributed by atoms with Gasteiger partial charge in [-0.3, -0.25) is 9.63 Å². The molecule has 2 N–H and O–H groups in total. The minimum absolute atomic E-state index is 0.261. The van der Waals surface area contributed by atoms with E-state index in [0.717, 1.165) is 12.8 Å². The number of hydrogen-bond acceptors (Lipinski definition) is 4. The highest BCUT2D eigenvalue weighted by Crippen LogP contribution is 2.34. The first-order valence-electron chi connectivity index (χ1n) is 8.22. The van der Waals surface area contributed by atoms with E-state index in [1.54, 1.807) is 41.2 Å². The predicted molar refractivity (Wildman–Crippen MR) is 98.7 cm³/mol. The quantitative estimate of drug-likeness (QED) is 0.592. The fourth-order valence-electron chi connectivity index (χ4n) is 2.58. The van der Waals surface area contributed by atoms with Crippen LogP contribution in [0.15, 0.2) is 47.3 Å². The number of nitrogens with one attached hydrogen (secondary N) is 2. The van der Waals surface area contributed by atoms with Crippen LogP contribution in [0.2, 0.25) is 0 Å². The molecule has 8 heteroatoms. The second-order valence-corrected chi connectivity index (χ2v) is 6.97. The van der Waals surface area contributed by atoms with Crippen molar-refractivity contribution in [1.29, 1.82) is 0 Å². The SMILES string of the molecule is O=C(NOCC1CC1)c1cn2ccnc2c(Br)c1Nc1ccccc1F. The van der Waals surface area contributed by atoms with Crippen molar-refractivity contribution in [2.45, 2.75) is 12.8 Å². The van der Waals surface area contributed by atoms with Crippen molar-refractivity contribution < 1.29 is 14.0 Å². The topological polar surface area (TPSA) is 67.7 Å². The highest BCUT2D eigenvalue weighted by atomic mass is 79.9. The first-order chi connectivity index (χ1) is 12.6. The van der Waals surface area contributed by atoms with E-state index >= 15 is 0 Å². The fraction of sp³-hybridized carbons (Fsp3) is 0.222. The highest BCUT2D eigenvalue weighted by molar-refractivity contribution is 9.10. The third-order valence-electron chi connectivity index (χ3n) is 4.18. The van der Waals surface area contributed by atoms with Gasteiger partial charge in [-0.25, -0.2) is 14.9 Å². The van der Waals surface area contributed by atoms with Gasteiger partial charge in [0.15, 0.2) is 5.65 Å². The summed E-state index contributed by atoms with van der Waals surface area (Å²) in [5.74, 6) is -0.311. The van der Waals surface area contributed by atoms with Crippen molar-refractivity contribution in [2.75, 3.05) is 11.9 Å². The largest absolute Gasteiger partial charge is 0.351 e. The van der Waals surface area contributed by atoms with Crippen molar-refractivity contribution in [3.05, 3.63) is 58.7 Å². The van der Waals surface area contributed by atoms with E-state index in [-0.39, 0.29) is 5.69 Å². The lowest BCUT2D eigenvalue weighted by atomic mass is 10.2. The molecule has 2 heterocycles. The number of aromatic nitrogens is 2. The van der Waals surface area contributed by atoms with Crippen LogP contribution in [0.3, 0.4) is 0 Å². The number of benzene rings is 1. The lowest BCUT2D eigenvalue weighted by molar-refractivity contribution is 0.0270. The molecule has 0 atom stereocenters. The molecule has 1 fully saturated rings. The standard InChI is InChI=1S/C18H16BrFN4O2/c19-15-16(22-14-4-2-1-3-13(14)20)12(9-24-8-7-21-17(15)24)18(25)23-26-10-11-5-6-11/h1-4,7-9,11,22H,5-6,10H2,(H,23,25). The van der Waals surface area contributed by atoms with Gasteiger partial charge < -0.3 is 9.72 Å². The summed E-state index contributed by atoms with van der Waals surface area (Å²) in [6.07, 6.45) is 7.24. The number of halogens is 2. The molecule has 0 aliphatic heterocycles. The number of hydrogen-bond donors (Lipinski definition) is 2. The number of carbonyl (C=O) groups excluding carboxylic acids is 1. The average Bonchev–Trinajstić information content (AvgIpc) is 3.33. The van der Waals surface area contributed by atoms with Gasteiger partial charge in [0.25, 0.3) is 5.91 Å². The zero-order chi connectivity index (χ0) is 18.1. The number of rotatable bonds is 6. The number of anilines is 2. The molecule has 0 saturated heterocycles. The number of fused-ring (bicyclic) bond motifs is 1. The van der Waals surface area contributed by atoms with Crippen LogP contribution < -0.4 is 10.8 Å². The number of imidazole rings is 1. The molecular formula is C18H16BrFN4O2. The van der Waals surface area contributed by atoms with Gasteiger partial charge in [0.05, 0.1) is 28.0 Å². The third kappa shape index (κ3) is 3.42. The maximum absolute atomic E-state index is 14.1. The zero-order valence-electron chi connectivity index (χ0n) is 13.7. The molecule has 6 nitrogen and oxygen atoms in total. The number of para-hydroxylation sites is 1. The molecule has 1 aromatic carbocycles. The van der Waals surface area contributed by atoms with E-state index < -0.39 is 11.7 Å². The summed E-state index contributed by atoms with van der Waals surface area (Å²) >= 11 is 3.47. The monoisotopic (exact) mass is 418 g/mol. The van der Waals surface area contributed by atoms with Gasteiger partial charge in [0, 0.05) is 18.6 Å². The van der Waals surface area contributed by atoms with Crippen molar-refractivity contribution in [3.63, 3.8) is 0 Å². The van der Waals surface area contributed by atoms with Crippen LogP contribution >= 0.6 is 15.9 Å². The summed E-state index contributed by atoms with van der Waals surface area (Å²) in [5.41, 5.74) is 4.06. The molecular weight excluding hydrogens is 403 g/mol. The molecule has 2 aromatic heterocycles. The van der Waals surface area contributed by atoms with Crippen molar-refractivity contribution in [1.82, 2.24) is 14.9 Å². The van der Waals surface area contributed by atoms with E-state index in [1.165, 1.54) is 6.07 Å². The summed E-state index contributed by atoms with van der Waals surface area (Å²) in [6.45, 7) is 0.496. The first kappa shape index (κ1) is 17.0. The van der Waals surface area contributed by atoms with Gasteiger partial charge in [-0.2, -0.15) is 0 Å². The smallest absolute Gasteiger partial charge is 0.278 e. The number of pyridine rings is 1. The maximum atomic E-state index is 14.1. The van der Waals surface area contributed by atoms with E-state index in [2.05, 4.69) is 31.7 Å². The second kappa shape index (κ2) is 7.05. The van der Waals surface area contributed by atoms with E-state index in [4.69, 9.17) is 4.84 Å². The van der Waals surface area contributed by atoms with Crippen LogP contribution in [0.25, 0.3) is 5.65 Å². The van der Waals surface area contributed by atoms with Crippen LogP contribution in [0.1, 0.15) is 23.2 Å². The van der Waals surface area contributed by atoms with E-state index in [0.29, 0.717) is 33.9 Å². The van der Waals surface area contributed by atoms with Crippen molar-refractivity contribution >= 4 is 38.9 Å². The Morgan fingerprint density at radius 3 is 2.96 bits per heavy atom. The van der Waals surface area contributed by atoms with Gasteiger partial charge in [0.1, 0.15) is 5.82 Å². The summed E-state index contributed by atoms with van der Waals surface area (Å²) in [7, 11) is 0. The molecule has 0 spiro atoms.